The molecule has 0 saturated carbocycles. The molecule has 0 rings (SSSR count). The van der Waals surface area contributed by atoms with E-state index in [1.807, 2.05) is 0 Å². The fourth-order valence-electron chi connectivity index (χ4n) is 0.549. The van der Waals surface area contributed by atoms with Gasteiger partial charge in [0.05, 0.1) is 0 Å². The molecule has 0 unspecified atom stereocenters. The molecule has 0 heterocycles. The highest BCUT2D eigenvalue weighted by Crippen LogP contribution is 1.99. The molecule has 13 heavy (non-hydrogen) atoms. The van der Waals surface area contributed by atoms with Crippen LogP contribution >= 0.6 is 11.6 Å². The zero-order valence-electron chi connectivity index (χ0n) is 7.26. The lowest BCUT2D eigenvalue weighted by Gasteiger charge is -2.05. The molecule has 5 nitrogen and oxygen atoms in total. The van der Waals surface area contributed by atoms with Gasteiger partial charge in [-0.1, -0.05) is 18.2 Å². The van der Waals surface area contributed by atoms with Gasteiger partial charge < -0.3 is 16.8 Å². The number of amidine groups is 1. The molecule has 0 aromatic heterocycles. The minimum absolute atomic E-state index is 0.0277. The third kappa shape index (κ3) is 4.17. The van der Waals surface area contributed by atoms with Crippen molar-refractivity contribution in [2.75, 3.05) is 0 Å². The van der Waals surface area contributed by atoms with Crippen LogP contribution in [0.4, 0.5) is 0 Å². The summed E-state index contributed by atoms with van der Waals surface area (Å²) in [5.41, 5.74) is 10.6. The topological polar surface area (TPSA) is 100 Å². The first-order chi connectivity index (χ1) is 5.99. The Balaban J connectivity index is 4.99. The number of aliphatic imine (C=N–C) groups is 1. The Bertz CT molecular complexity index is 275. The van der Waals surface area contributed by atoms with Crippen LogP contribution in [0.25, 0.3) is 0 Å². The zero-order chi connectivity index (χ0) is 10.4. The Kier molecular flexibility index (Phi) is 4.61. The number of rotatable bonds is 4. The molecular weight excluding hydrogens is 190 g/mol. The maximum absolute atomic E-state index is 7.06. The standard InChI is InChI=1S/C7H12ClN5/c1-3-12-7(13-4(2)8)5(9)6(10)11/h3,12H,1,9H2,2H3,(H3,10,11)/b7-5+,13-4+. The predicted molar refractivity (Wildman–Crippen MR) is 55.4 cm³/mol. The molecule has 6 heteroatoms. The first-order valence-corrected chi connectivity index (χ1v) is 3.79. The van der Waals surface area contributed by atoms with Crippen LogP contribution in [-0.2, 0) is 0 Å². The predicted octanol–water partition coefficient (Wildman–Crippen LogP) is 0.440. The second-order valence-electron chi connectivity index (χ2n) is 2.13. The van der Waals surface area contributed by atoms with Crippen LogP contribution < -0.4 is 16.8 Å². The second-order valence-corrected chi connectivity index (χ2v) is 2.68. The summed E-state index contributed by atoms with van der Waals surface area (Å²) in [6, 6.07) is 0. The summed E-state index contributed by atoms with van der Waals surface area (Å²) in [6.07, 6.45) is 1.37. The number of hydrogen-bond donors (Lipinski definition) is 4. The van der Waals surface area contributed by atoms with Crippen molar-refractivity contribution in [1.82, 2.24) is 5.32 Å². The van der Waals surface area contributed by atoms with Crippen LogP contribution in [0.3, 0.4) is 0 Å². The number of halogens is 1. The summed E-state index contributed by atoms with van der Waals surface area (Å²) in [5.74, 6) is -0.0546. The molecular formula is C7H12ClN5. The van der Waals surface area contributed by atoms with E-state index in [1.54, 1.807) is 6.92 Å². The molecule has 0 spiro atoms. The van der Waals surface area contributed by atoms with Crippen LogP contribution in [0.15, 0.2) is 29.3 Å². The van der Waals surface area contributed by atoms with Gasteiger partial charge in [0.25, 0.3) is 0 Å². The summed E-state index contributed by atoms with van der Waals surface area (Å²) in [4.78, 5) is 3.82. The molecule has 0 atom stereocenters. The van der Waals surface area contributed by atoms with E-state index in [-0.39, 0.29) is 22.5 Å². The van der Waals surface area contributed by atoms with Crippen molar-refractivity contribution in [2.45, 2.75) is 6.92 Å². The summed E-state index contributed by atoms with van der Waals surface area (Å²) in [5, 5.41) is 9.97. The van der Waals surface area contributed by atoms with E-state index >= 15 is 0 Å². The fourth-order valence-corrected chi connectivity index (χ4v) is 0.633. The van der Waals surface area contributed by atoms with Gasteiger partial charge in [-0.2, -0.15) is 0 Å². The quantitative estimate of drug-likeness (QED) is 0.392. The van der Waals surface area contributed by atoms with E-state index in [0.29, 0.717) is 0 Å². The van der Waals surface area contributed by atoms with Crippen LogP contribution in [-0.4, -0.2) is 11.0 Å². The van der Waals surface area contributed by atoms with E-state index < -0.39 is 0 Å². The summed E-state index contributed by atoms with van der Waals surface area (Å²) >= 11 is 5.53. The van der Waals surface area contributed by atoms with Crippen molar-refractivity contribution < 1.29 is 0 Å². The Labute approximate surface area is 81.7 Å². The van der Waals surface area contributed by atoms with E-state index in [1.165, 1.54) is 6.20 Å². The summed E-state index contributed by atoms with van der Waals surface area (Å²) in [7, 11) is 0. The van der Waals surface area contributed by atoms with Crippen molar-refractivity contribution in [3.63, 3.8) is 0 Å². The van der Waals surface area contributed by atoms with Gasteiger partial charge >= 0.3 is 0 Å². The fraction of sp³-hybridized carbons (Fsp3) is 0.143. The van der Waals surface area contributed by atoms with Crippen LogP contribution in [0, 0.1) is 5.41 Å². The third-order valence-electron chi connectivity index (χ3n) is 1.05. The van der Waals surface area contributed by atoms with Crippen LogP contribution in [0.5, 0.6) is 0 Å². The highest BCUT2D eigenvalue weighted by atomic mass is 35.5. The maximum Gasteiger partial charge on any atom is 0.158 e. The first kappa shape index (κ1) is 11.5. The smallest absolute Gasteiger partial charge is 0.158 e. The minimum Gasteiger partial charge on any atom is -0.393 e. The maximum atomic E-state index is 7.06. The van der Waals surface area contributed by atoms with E-state index in [4.69, 9.17) is 28.5 Å². The molecule has 0 aromatic carbocycles. The second kappa shape index (κ2) is 5.21. The third-order valence-corrected chi connectivity index (χ3v) is 1.13. The van der Waals surface area contributed by atoms with Gasteiger partial charge in [-0.3, -0.25) is 5.41 Å². The molecule has 0 aliphatic rings. The number of nitrogens with one attached hydrogen (secondary N) is 2. The highest BCUT2D eigenvalue weighted by molar-refractivity contribution is 6.64. The van der Waals surface area contributed by atoms with Gasteiger partial charge in [-0.15, -0.1) is 0 Å². The largest absolute Gasteiger partial charge is 0.393 e. The Hall–Kier alpha value is -1.49. The van der Waals surface area contributed by atoms with Crippen molar-refractivity contribution in [3.8, 4) is 0 Å². The first-order valence-electron chi connectivity index (χ1n) is 3.41. The van der Waals surface area contributed by atoms with Crippen molar-refractivity contribution >= 4 is 22.6 Å². The highest BCUT2D eigenvalue weighted by Gasteiger charge is 2.03. The average molecular weight is 202 g/mol. The zero-order valence-corrected chi connectivity index (χ0v) is 8.02. The van der Waals surface area contributed by atoms with Gasteiger partial charge in [0.15, 0.2) is 5.82 Å². The lowest BCUT2D eigenvalue weighted by Crippen LogP contribution is -2.24. The van der Waals surface area contributed by atoms with Crippen molar-refractivity contribution in [2.24, 2.45) is 16.5 Å². The molecule has 0 aliphatic heterocycles. The van der Waals surface area contributed by atoms with Gasteiger partial charge in [-0.05, 0) is 13.1 Å². The van der Waals surface area contributed by atoms with Gasteiger partial charge in [-0.25, -0.2) is 4.99 Å². The van der Waals surface area contributed by atoms with E-state index in [2.05, 4.69) is 16.9 Å². The Morgan fingerprint density at radius 1 is 1.62 bits per heavy atom. The molecule has 6 N–H and O–H groups in total. The van der Waals surface area contributed by atoms with Gasteiger partial charge in [0, 0.05) is 0 Å². The normalized spacial score (nSPS) is 13.2. The molecule has 0 saturated heterocycles. The minimum atomic E-state index is -0.272. The summed E-state index contributed by atoms with van der Waals surface area (Å²) < 4.78 is 0. The van der Waals surface area contributed by atoms with E-state index in [0.717, 1.165) is 0 Å². The summed E-state index contributed by atoms with van der Waals surface area (Å²) in [6.45, 7) is 5.01. The molecule has 0 aromatic rings. The molecule has 0 bridgehead atoms. The van der Waals surface area contributed by atoms with Crippen molar-refractivity contribution in [1.29, 1.82) is 5.41 Å². The molecule has 0 fully saturated rings. The van der Waals surface area contributed by atoms with Crippen LogP contribution in [0.2, 0.25) is 0 Å². The molecule has 0 amide bonds. The number of hydrogen-bond acceptors (Lipinski definition) is 4. The SMILES string of the molecule is C=CNC(/N=C(\C)Cl)=C(\N)C(=N)N. The lowest BCUT2D eigenvalue weighted by molar-refractivity contribution is 1.00. The lowest BCUT2D eigenvalue weighted by atomic mass is 10.4. The average Bonchev–Trinajstić information content (AvgIpc) is 2.01. The van der Waals surface area contributed by atoms with E-state index in [9.17, 15) is 0 Å². The number of nitrogens with two attached hydrogens (primary N) is 2. The molecule has 0 aliphatic carbocycles. The Morgan fingerprint density at radius 2 is 2.15 bits per heavy atom. The monoisotopic (exact) mass is 201 g/mol. The van der Waals surface area contributed by atoms with Gasteiger partial charge in [0.2, 0.25) is 0 Å². The Morgan fingerprint density at radius 3 is 2.46 bits per heavy atom. The van der Waals surface area contributed by atoms with Gasteiger partial charge in [0.1, 0.15) is 16.7 Å². The van der Waals surface area contributed by atoms with Crippen molar-refractivity contribution in [3.05, 3.63) is 24.3 Å². The molecule has 0 radical (unpaired) electrons. The molecule has 72 valence electrons. The van der Waals surface area contributed by atoms with Crippen LogP contribution in [0.1, 0.15) is 6.92 Å². The number of nitrogens with zero attached hydrogens (tertiary/aromatic N) is 1.